The van der Waals surface area contributed by atoms with Gasteiger partial charge in [0, 0.05) is 36.6 Å². The topological polar surface area (TPSA) is 98.0 Å². The van der Waals surface area contributed by atoms with Gasteiger partial charge in [-0.3, -0.25) is 19.1 Å². The Morgan fingerprint density at radius 2 is 1.97 bits per heavy atom. The average molecular weight is 399 g/mol. The molecule has 1 saturated carbocycles. The van der Waals surface area contributed by atoms with E-state index in [1.165, 1.54) is 29.3 Å². The van der Waals surface area contributed by atoms with Gasteiger partial charge in [-0.1, -0.05) is 19.3 Å². The van der Waals surface area contributed by atoms with Gasteiger partial charge in [-0.05, 0) is 32.8 Å². The largest absolute Gasteiger partial charge is 0.352 e. The van der Waals surface area contributed by atoms with Crippen molar-refractivity contribution in [3.63, 3.8) is 0 Å². The van der Waals surface area contributed by atoms with Gasteiger partial charge in [-0.25, -0.2) is 0 Å². The first kappa shape index (κ1) is 20.8. The van der Waals surface area contributed by atoms with Gasteiger partial charge in [0.1, 0.15) is 6.54 Å². The summed E-state index contributed by atoms with van der Waals surface area (Å²) in [6, 6.07) is 2.76. The maximum Gasteiger partial charge on any atom is 0.253 e. The van der Waals surface area contributed by atoms with E-state index >= 15 is 0 Å². The summed E-state index contributed by atoms with van der Waals surface area (Å²) in [6.45, 7) is 3.74. The van der Waals surface area contributed by atoms with Crippen LogP contribution in [0.1, 0.15) is 66.7 Å². The molecule has 2 heterocycles. The Morgan fingerprint density at radius 3 is 2.62 bits per heavy atom. The van der Waals surface area contributed by atoms with Gasteiger partial charge in [-0.2, -0.15) is 5.10 Å². The maximum absolute atomic E-state index is 12.7. The first-order valence-corrected chi connectivity index (χ1v) is 10.1. The van der Waals surface area contributed by atoms with Crippen molar-refractivity contribution in [2.24, 2.45) is 7.05 Å². The van der Waals surface area contributed by atoms with Crippen LogP contribution in [0.2, 0.25) is 0 Å². The molecule has 8 heteroatoms. The number of aryl methyl sites for hydroxylation is 1. The second-order valence-electron chi connectivity index (χ2n) is 7.79. The van der Waals surface area contributed by atoms with Gasteiger partial charge in [0.2, 0.25) is 5.91 Å². The Labute approximate surface area is 170 Å². The van der Waals surface area contributed by atoms with Crippen LogP contribution in [0.4, 0.5) is 0 Å². The number of amides is 2. The molecule has 0 radical (unpaired) electrons. The molecule has 2 aromatic heterocycles. The first-order chi connectivity index (χ1) is 13.8. The minimum absolute atomic E-state index is 0.0896. The fourth-order valence-corrected chi connectivity index (χ4v) is 3.76. The SMILES string of the molecule is Cc1c([C@@H](C)NC(=O)c2ccc(=O)n(CC(=O)NC3CCCCC3)c2)cnn1C. The van der Waals surface area contributed by atoms with Crippen LogP contribution in [-0.4, -0.2) is 32.2 Å². The molecule has 1 aliphatic rings. The van der Waals surface area contributed by atoms with Crippen LogP contribution in [0.15, 0.2) is 29.3 Å². The lowest BCUT2D eigenvalue weighted by atomic mass is 9.95. The molecule has 1 aliphatic carbocycles. The second kappa shape index (κ2) is 9.07. The third-order valence-electron chi connectivity index (χ3n) is 5.62. The molecule has 1 atom stereocenters. The summed E-state index contributed by atoms with van der Waals surface area (Å²) in [7, 11) is 1.85. The fraction of sp³-hybridized carbons (Fsp3) is 0.524. The van der Waals surface area contributed by atoms with Crippen molar-refractivity contribution in [1.82, 2.24) is 25.0 Å². The van der Waals surface area contributed by atoms with Crippen molar-refractivity contribution in [2.45, 2.75) is 64.6 Å². The highest BCUT2D eigenvalue weighted by Crippen LogP contribution is 2.18. The van der Waals surface area contributed by atoms with Gasteiger partial charge in [-0.15, -0.1) is 0 Å². The van der Waals surface area contributed by atoms with Crippen molar-refractivity contribution in [2.75, 3.05) is 0 Å². The third kappa shape index (κ3) is 5.13. The Kier molecular flexibility index (Phi) is 6.51. The molecule has 2 N–H and O–H groups in total. The molecule has 0 aliphatic heterocycles. The van der Waals surface area contributed by atoms with Crippen LogP contribution in [0.5, 0.6) is 0 Å². The molecule has 3 rings (SSSR count). The normalized spacial score (nSPS) is 15.7. The predicted octanol–water partition coefficient (Wildman–Crippen LogP) is 1.83. The van der Waals surface area contributed by atoms with E-state index in [0.29, 0.717) is 5.56 Å². The number of aromatic nitrogens is 3. The average Bonchev–Trinajstić information content (AvgIpc) is 3.03. The van der Waals surface area contributed by atoms with E-state index in [2.05, 4.69) is 15.7 Å². The zero-order valence-electron chi connectivity index (χ0n) is 17.3. The van der Waals surface area contributed by atoms with Crippen LogP contribution >= 0.6 is 0 Å². The Balaban J connectivity index is 1.66. The Hall–Kier alpha value is -2.90. The Bertz CT molecular complexity index is 940. The van der Waals surface area contributed by atoms with Crippen LogP contribution < -0.4 is 16.2 Å². The molecule has 0 bridgehead atoms. The molecule has 29 heavy (non-hydrogen) atoms. The van der Waals surface area contributed by atoms with E-state index in [1.807, 2.05) is 20.9 Å². The number of nitrogens with one attached hydrogen (secondary N) is 2. The summed E-state index contributed by atoms with van der Waals surface area (Å²) in [5.74, 6) is -0.502. The van der Waals surface area contributed by atoms with Crippen molar-refractivity contribution in [3.8, 4) is 0 Å². The highest BCUT2D eigenvalue weighted by atomic mass is 16.2. The molecule has 1 fully saturated rings. The van der Waals surface area contributed by atoms with E-state index in [1.54, 1.807) is 10.9 Å². The number of hydrogen-bond acceptors (Lipinski definition) is 4. The molecule has 0 unspecified atom stereocenters. The second-order valence-corrected chi connectivity index (χ2v) is 7.79. The summed E-state index contributed by atoms with van der Waals surface area (Å²) in [5, 5.41) is 10.1. The number of hydrogen-bond donors (Lipinski definition) is 2. The standard InChI is InChI=1S/C21H29N5O3/c1-14(18-11-22-25(3)15(18)2)23-21(29)16-9-10-20(28)26(12-16)13-19(27)24-17-7-5-4-6-8-17/h9-12,14,17H,4-8,13H2,1-3H3,(H,23,29)(H,24,27)/t14-/m1/s1. The minimum atomic E-state index is -0.309. The maximum atomic E-state index is 12.7. The van der Waals surface area contributed by atoms with Crippen LogP contribution in [0.25, 0.3) is 0 Å². The molecule has 0 aromatic carbocycles. The number of nitrogens with zero attached hydrogens (tertiary/aromatic N) is 3. The van der Waals surface area contributed by atoms with E-state index in [-0.39, 0.29) is 36.0 Å². The van der Waals surface area contributed by atoms with Gasteiger partial charge in [0.15, 0.2) is 0 Å². The van der Waals surface area contributed by atoms with E-state index < -0.39 is 0 Å². The molecular weight excluding hydrogens is 370 g/mol. The molecule has 2 amide bonds. The summed E-state index contributed by atoms with van der Waals surface area (Å²) >= 11 is 0. The van der Waals surface area contributed by atoms with Crippen LogP contribution in [0.3, 0.4) is 0 Å². The smallest absolute Gasteiger partial charge is 0.253 e. The van der Waals surface area contributed by atoms with Gasteiger partial charge >= 0.3 is 0 Å². The summed E-state index contributed by atoms with van der Waals surface area (Å²) in [4.78, 5) is 37.1. The van der Waals surface area contributed by atoms with Crippen molar-refractivity contribution in [1.29, 1.82) is 0 Å². The number of carbonyl (C=O) groups excluding carboxylic acids is 2. The fourth-order valence-electron chi connectivity index (χ4n) is 3.76. The van der Waals surface area contributed by atoms with Gasteiger partial charge in [0.25, 0.3) is 11.5 Å². The van der Waals surface area contributed by atoms with Gasteiger partial charge < -0.3 is 15.2 Å². The lowest BCUT2D eigenvalue weighted by molar-refractivity contribution is -0.122. The number of rotatable bonds is 6. The highest BCUT2D eigenvalue weighted by Gasteiger charge is 2.18. The summed E-state index contributed by atoms with van der Waals surface area (Å²) < 4.78 is 3.04. The van der Waals surface area contributed by atoms with Crippen molar-refractivity contribution < 1.29 is 9.59 Å². The zero-order chi connectivity index (χ0) is 21.0. The molecule has 156 valence electrons. The predicted molar refractivity (Wildman–Crippen MR) is 110 cm³/mol. The van der Waals surface area contributed by atoms with Crippen LogP contribution in [-0.2, 0) is 18.4 Å². The van der Waals surface area contributed by atoms with Gasteiger partial charge in [0.05, 0.1) is 17.8 Å². The minimum Gasteiger partial charge on any atom is -0.352 e. The lowest BCUT2D eigenvalue weighted by Gasteiger charge is -2.23. The van der Waals surface area contributed by atoms with E-state index in [9.17, 15) is 14.4 Å². The lowest BCUT2D eigenvalue weighted by Crippen LogP contribution is -2.40. The van der Waals surface area contributed by atoms with E-state index in [0.717, 1.165) is 36.9 Å². The monoisotopic (exact) mass is 399 g/mol. The molecule has 8 nitrogen and oxygen atoms in total. The molecular formula is C21H29N5O3. The summed E-state index contributed by atoms with van der Waals surface area (Å²) in [5.41, 5.74) is 1.93. The van der Waals surface area contributed by atoms with E-state index in [4.69, 9.17) is 0 Å². The molecule has 0 saturated heterocycles. The van der Waals surface area contributed by atoms with Crippen molar-refractivity contribution in [3.05, 3.63) is 51.7 Å². The van der Waals surface area contributed by atoms with Crippen molar-refractivity contribution >= 4 is 11.8 Å². The zero-order valence-corrected chi connectivity index (χ0v) is 17.3. The highest BCUT2D eigenvalue weighted by molar-refractivity contribution is 5.94. The Morgan fingerprint density at radius 1 is 1.24 bits per heavy atom. The number of pyridine rings is 1. The third-order valence-corrected chi connectivity index (χ3v) is 5.62. The summed E-state index contributed by atoms with van der Waals surface area (Å²) in [6.07, 6.45) is 8.59. The number of carbonyl (C=O) groups is 2. The van der Waals surface area contributed by atoms with Crippen LogP contribution in [0, 0.1) is 6.92 Å². The molecule has 2 aromatic rings. The first-order valence-electron chi connectivity index (χ1n) is 10.1. The molecule has 0 spiro atoms. The quantitative estimate of drug-likeness (QED) is 0.774.